The molecule has 8 nitrogen and oxygen atoms in total. The van der Waals surface area contributed by atoms with Crippen LogP contribution < -0.4 is 4.72 Å². The van der Waals surface area contributed by atoms with Gasteiger partial charge in [-0.2, -0.15) is 0 Å². The number of aliphatic carboxylic acids is 1. The summed E-state index contributed by atoms with van der Waals surface area (Å²) < 4.78 is 25.1. The maximum atomic E-state index is 12.1. The zero-order valence-electron chi connectivity index (χ0n) is 11.8. The number of benzene rings is 1. The smallest absolute Gasteiger partial charge is 0.322 e. The number of amides is 2. The summed E-state index contributed by atoms with van der Waals surface area (Å²) in [5.74, 6) is -2.46. The second kappa shape index (κ2) is 6.91. The number of hydrogen-bond acceptors (Lipinski definition) is 7. The van der Waals surface area contributed by atoms with Crippen molar-refractivity contribution in [2.45, 2.75) is 6.04 Å². The van der Waals surface area contributed by atoms with E-state index in [2.05, 4.69) is 0 Å². The highest BCUT2D eigenvalue weighted by atomic mass is 33.1. The molecule has 11 heteroatoms. The SMILES string of the molecule is CS(=O)(=O)N[C@@H](CSSN1C(=O)c2ccccc2C1=O)C(=O)O. The maximum absolute atomic E-state index is 12.1. The molecule has 0 aliphatic carbocycles. The van der Waals surface area contributed by atoms with Crippen molar-refractivity contribution in [2.75, 3.05) is 12.0 Å². The van der Waals surface area contributed by atoms with Gasteiger partial charge >= 0.3 is 5.97 Å². The summed E-state index contributed by atoms with van der Waals surface area (Å²) in [6.07, 6.45) is 0.852. The van der Waals surface area contributed by atoms with Gasteiger partial charge in [0.25, 0.3) is 11.8 Å². The van der Waals surface area contributed by atoms with E-state index in [-0.39, 0.29) is 16.9 Å². The van der Waals surface area contributed by atoms with Gasteiger partial charge in [-0.3, -0.25) is 14.4 Å². The van der Waals surface area contributed by atoms with Crippen molar-refractivity contribution in [3.63, 3.8) is 0 Å². The number of carbonyl (C=O) groups excluding carboxylic acids is 2. The van der Waals surface area contributed by atoms with Crippen LogP contribution in [0.15, 0.2) is 24.3 Å². The minimum Gasteiger partial charge on any atom is -0.480 e. The molecule has 2 amide bonds. The van der Waals surface area contributed by atoms with Gasteiger partial charge in [-0.1, -0.05) is 22.9 Å². The number of fused-ring (bicyclic) bond motifs is 1. The molecule has 0 saturated heterocycles. The molecule has 0 fully saturated rings. The second-order valence-corrected chi connectivity index (χ2v) is 8.61. The Morgan fingerprint density at radius 1 is 1.26 bits per heavy atom. The van der Waals surface area contributed by atoms with Gasteiger partial charge in [-0.25, -0.2) is 17.4 Å². The summed E-state index contributed by atoms with van der Waals surface area (Å²) in [5.41, 5.74) is 0.573. The first-order valence-corrected chi connectivity index (χ1v) is 10.3. The molecule has 0 saturated carbocycles. The van der Waals surface area contributed by atoms with Crippen molar-refractivity contribution in [1.82, 2.24) is 9.03 Å². The molecule has 0 bridgehead atoms. The van der Waals surface area contributed by atoms with Crippen LogP contribution >= 0.6 is 21.8 Å². The molecule has 124 valence electrons. The molecule has 1 aromatic rings. The molecule has 0 aromatic heterocycles. The Kier molecular flexibility index (Phi) is 5.34. The third-order valence-corrected chi connectivity index (χ3v) is 5.71. The topological polar surface area (TPSA) is 121 Å². The van der Waals surface area contributed by atoms with Gasteiger partial charge in [0.2, 0.25) is 10.0 Å². The Morgan fingerprint density at radius 2 is 1.78 bits per heavy atom. The van der Waals surface area contributed by atoms with Crippen molar-refractivity contribution >= 4 is 49.6 Å². The van der Waals surface area contributed by atoms with E-state index >= 15 is 0 Å². The number of carbonyl (C=O) groups is 3. The Morgan fingerprint density at radius 3 is 2.22 bits per heavy atom. The predicted octanol–water partition coefficient (Wildman–Crippen LogP) is 0.581. The van der Waals surface area contributed by atoms with Gasteiger partial charge < -0.3 is 5.11 Å². The molecule has 2 rings (SSSR count). The van der Waals surface area contributed by atoms with Crippen LogP contribution in [0.4, 0.5) is 0 Å². The highest BCUT2D eigenvalue weighted by molar-refractivity contribution is 8.76. The number of imide groups is 1. The molecule has 1 aromatic carbocycles. The van der Waals surface area contributed by atoms with Crippen molar-refractivity contribution < 1.29 is 27.9 Å². The number of carboxylic acids is 1. The summed E-state index contributed by atoms with van der Waals surface area (Å²) in [6, 6.07) is 5.00. The molecular weight excluding hydrogens is 364 g/mol. The molecule has 1 aliphatic heterocycles. The first kappa shape index (κ1) is 17.8. The highest BCUT2D eigenvalue weighted by Crippen LogP contribution is 2.35. The molecule has 1 atom stereocenters. The largest absolute Gasteiger partial charge is 0.480 e. The molecule has 23 heavy (non-hydrogen) atoms. The standard InChI is InChI=1S/C12H12N2O6S3/c1-23(19,20)13-9(12(17)18)6-21-22-14-10(15)7-4-2-3-5-8(7)11(14)16/h2-5,9,13H,6H2,1H3,(H,17,18)/t9-/m0/s1. The number of carboxylic acid groups (broad SMARTS) is 1. The molecule has 1 heterocycles. The minimum atomic E-state index is -3.68. The second-order valence-electron chi connectivity index (χ2n) is 4.59. The number of sulfonamides is 1. The third kappa shape index (κ3) is 4.25. The van der Waals surface area contributed by atoms with Crippen LogP contribution in [0.5, 0.6) is 0 Å². The summed E-state index contributed by atoms with van der Waals surface area (Å²) in [4.78, 5) is 35.2. The van der Waals surface area contributed by atoms with Crippen LogP contribution in [-0.2, 0) is 14.8 Å². The molecule has 0 unspecified atom stereocenters. The number of nitrogens with zero attached hydrogens (tertiary/aromatic N) is 1. The Labute approximate surface area is 140 Å². The lowest BCUT2D eigenvalue weighted by Gasteiger charge is -2.14. The van der Waals surface area contributed by atoms with Crippen LogP contribution in [0, 0.1) is 0 Å². The average molecular weight is 376 g/mol. The fourth-order valence-corrected chi connectivity index (χ4v) is 4.78. The number of hydrogen-bond donors (Lipinski definition) is 2. The first-order chi connectivity index (χ1) is 10.7. The van der Waals surface area contributed by atoms with Crippen molar-refractivity contribution in [1.29, 1.82) is 0 Å². The van der Waals surface area contributed by atoms with Gasteiger partial charge in [-0.15, -0.1) is 0 Å². The van der Waals surface area contributed by atoms with Crippen LogP contribution in [0.25, 0.3) is 0 Å². The fourth-order valence-electron chi connectivity index (χ4n) is 1.80. The van der Waals surface area contributed by atoms with Crippen LogP contribution in [0.1, 0.15) is 20.7 Å². The van der Waals surface area contributed by atoms with Crippen LogP contribution in [-0.4, -0.2) is 53.7 Å². The van der Waals surface area contributed by atoms with Crippen molar-refractivity contribution in [3.05, 3.63) is 35.4 Å². The monoisotopic (exact) mass is 376 g/mol. The zero-order valence-corrected chi connectivity index (χ0v) is 14.2. The van der Waals surface area contributed by atoms with E-state index in [1.807, 2.05) is 4.72 Å². The summed E-state index contributed by atoms with van der Waals surface area (Å²) >= 11 is 0. The van der Waals surface area contributed by atoms with E-state index in [1.54, 1.807) is 12.1 Å². The van der Waals surface area contributed by atoms with Crippen LogP contribution in [0.2, 0.25) is 0 Å². The van der Waals surface area contributed by atoms with Gasteiger partial charge in [0.1, 0.15) is 6.04 Å². The molecule has 2 N–H and O–H groups in total. The van der Waals surface area contributed by atoms with E-state index in [0.29, 0.717) is 0 Å². The maximum Gasteiger partial charge on any atom is 0.322 e. The normalized spacial score (nSPS) is 15.6. The number of rotatable bonds is 7. The van der Waals surface area contributed by atoms with E-state index in [4.69, 9.17) is 5.11 Å². The lowest BCUT2D eigenvalue weighted by Crippen LogP contribution is -2.41. The summed E-state index contributed by atoms with van der Waals surface area (Å²) in [6.45, 7) is 0. The molecule has 0 radical (unpaired) electrons. The van der Waals surface area contributed by atoms with Gasteiger partial charge in [-0.05, 0) is 12.1 Å². The van der Waals surface area contributed by atoms with E-state index in [0.717, 1.165) is 32.3 Å². The summed E-state index contributed by atoms with van der Waals surface area (Å²) in [5, 5.41) is 8.98. The number of nitrogens with one attached hydrogen (secondary N) is 1. The predicted molar refractivity (Wildman–Crippen MR) is 86.4 cm³/mol. The van der Waals surface area contributed by atoms with Gasteiger partial charge in [0.05, 0.1) is 17.4 Å². The zero-order chi connectivity index (χ0) is 17.2. The van der Waals surface area contributed by atoms with Gasteiger partial charge in [0.15, 0.2) is 0 Å². The average Bonchev–Trinajstić information content (AvgIpc) is 2.70. The lowest BCUT2D eigenvalue weighted by molar-refractivity contribution is -0.138. The lowest BCUT2D eigenvalue weighted by atomic mass is 10.1. The Bertz CT molecular complexity index is 729. The van der Waals surface area contributed by atoms with Gasteiger partial charge in [0, 0.05) is 16.7 Å². The third-order valence-electron chi connectivity index (χ3n) is 2.77. The highest BCUT2D eigenvalue weighted by Gasteiger charge is 2.36. The Balaban J connectivity index is 1.98. The first-order valence-electron chi connectivity index (χ1n) is 6.18. The minimum absolute atomic E-state index is 0.152. The quantitative estimate of drug-likeness (QED) is 0.403. The van der Waals surface area contributed by atoms with Crippen molar-refractivity contribution in [3.8, 4) is 0 Å². The van der Waals surface area contributed by atoms with E-state index in [1.165, 1.54) is 12.1 Å². The van der Waals surface area contributed by atoms with E-state index < -0.39 is 33.8 Å². The fraction of sp³-hybridized carbons (Fsp3) is 0.250. The molecular formula is C12H12N2O6S3. The molecule has 0 spiro atoms. The summed E-state index contributed by atoms with van der Waals surface area (Å²) in [7, 11) is -2.00. The van der Waals surface area contributed by atoms with Crippen LogP contribution in [0.3, 0.4) is 0 Å². The van der Waals surface area contributed by atoms with Crippen molar-refractivity contribution in [2.24, 2.45) is 0 Å². The molecule has 1 aliphatic rings. The Hall–Kier alpha value is -1.56. The van der Waals surface area contributed by atoms with E-state index in [9.17, 15) is 22.8 Å².